The van der Waals surface area contributed by atoms with E-state index in [4.69, 9.17) is 9.47 Å². The molecule has 1 aromatic carbocycles. The first kappa shape index (κ1) is 21.1. The molecule has 28 heavy (non-hydrogen) atoms. The second-order valence-corrected chi connectivity index (χ2v) is 6.66. The highest BCUT2D eigenvalue weighted by Gasteiger charge is 2.17. The van der Waals surface area contributed by atoms with Crippen LogP contribution in [0.1, 0.15) is 27.7 Å². The zero-order valence-corrected chi connectivity index (χ0v) is 16.9. The third-order valence-corrected chi connectivity index (χ3v) is 3.80. The van der Waals surface area contributed by atoms with Crippen LogP contribution in [-0.4, -0.2) is 41.0 Å². The van der Waals surface area contributed by atoms with Crippen molar-refractivity contribution in [2.45, 2.75) is 27.7 Å². The predicted octanol–water partition coefficient (Wildman–Crippen LogP) is 2.74. The molecule has 2 aromatic rings. The second kappa shape index (κ2) is 9.12. The highest BCUT2D eigenvalue weighted by Crippen LogP contribution is 2.31. The molecule has 0 aliphatic rings. The lowest BCUT2D eigenvalue weighted by Gasteiger charge is -2.12. The smallest absolute Gasteiger partial charge is 0.234 e. The Morgan fingerprint density at radius 3 is 1.75 bits per heavy atom. The van der Waals surface area contributed by atoms with E-state index in [2.05, 4.69) is 25.6 Å². The maximum atomic E-state index is 12.1. The van der Waals surface area contributed by atoms with Gasteiger partial charge in [-0.1, -0.05) is 27.7 Å². The van der Waals surface area contributed by atoms with E-state index in [0.29, 0.717) is 17.1 Å². The number of nitrogens with zero attached hydrogens (tertiary/aromatic N) is 3. The standard InChI is InChI=1S/C19H25N5O4/c1-10(2)16(25)22-18-20-15(21-19(24-18)23-17(26)11(3)4)12-7-8-13(27-5)14(9-12)28-6/h7-11H,1-6H3,(H2,20,21,22,23,24,25,26). The number of aromatic nitrogens is 3. The van der Waals surface area contributed by atoms with Crippen LogP contribution in [0, 0.1) is 11.8 Å². The minimum Gasteiger partial charge on any atom is -0.493 e. The van der Waals surface area contributed by atoms with Gasteiger partial charge in [0.25, 0.3) is 0 Å². The van der Waals surface area contributed by atoms with Gasteiger partial charge in [-0.25, -0.2) is 0 Å². The van der Waals surface area contributed by atoms with Gasteiger partial charge in [-0.05, 0) is 18.2 Å². The van der Waals surface area contributed by atoms with Crippen LogP contribution in [0.5, 0.6) is 11.5 Å². The Kier molecular flexibility index (Phi) is 6.86. The zero-order valence-electron chi connectivity index (χ0n) is 16.9. The van der Waals surface area contributed by atoms with Crippen molar-refractivity contribution in [2.75, 3.05) is 24.9 Å². The van der Waals surface area contributed by atoms with Gasteiger partial charge in [0.05, 0.1) is 14.2 Å². The minimum absolute atomic E-state index is 0.0533. The van der Waals surface area contributed by atoms with Crippen molar-refractivity contribution in [2.24, 2.45) is 11.8 Å². The molecule has 0 fully saturated rings. The Balaban J connectivity index is 2.49. The maximum Gasteiger partial charge on any atom is 0.234 e. The number of anilines is 2. The summed E-state index contributed by atoms with van der Waals surface area (Å²) in [5.41, 5.74) is 0.611. The van der Waals surface area contributed by atoms with E-state index in [1.165, 1.54) is 7.11 Å². The van der Waals surface area contributed by atoms with Crippen LogP contribution in [0.15, 0.2) is 18.2 Å². The molecule has 2 amide bonds. The third kappa shape index (κ3) is 5.15. The van der Waals surface area contributed by atoms with E-state index in [-0.39, 0.29) is 41.4 Å². The molecule has 0 radical (unpaired) electrons. The Morgan fingerprint density at radius 1 is 0.821 bits per heavy atom. The van der Waals surface area contributed by atoms with Gasteiger partial charge >= 0.3 is 0 Å². The lowest BCUT2D eigenvalue weighted by molar-refractivity contribution is -0.119. The lowest BCUT2D eigenvalue weighted by Crippen LogP contribution is -2.23. The Labute approximate surface area is 163 Å². The number of hydrogen-bond donors (Lipinski definition) is 2. The summed E-state index contributed by atoms with van der Waals surface area (Å²) in [5, 5.41) is 5.27. The Hall–Kier alpha value is -3.23. The number of carbonyl (C=O) groups excluding carboxylic acids is 2. The van der Waals surface area contributed by atoms with Crippen molar-refractivity contribution in [3.8, 4) is 22.9 Å². The molecule has 0 unspecified atom stereocenters. The van der Waals surface area contributed by atoms with Gasteiger partial charge < -0.3 is 9.47 Å². The molecule has 1 aromatic heterocycles. The maximum absolute atomic E-state index is 12.1. The van der Waals surface area contributed by atoms with Crippen molar-refractivity contribution < 1.29 is 19.1 Å². The van der Waals surface area contributed by atoms with Crippen LogP contribution in [0.25, 0.3) is 11.4 Å². The molecule has 0 saturated carbocycles. The van der Waals surface area contributed by atoms with E-state index in [0.717, 1.165) is 0 Å². The fourth-order valence-electron chi connectivity index (χ4n) is 2.10. The molecule has 2 rings (SSSR count). The van der Waals surface area contributed by atoms with Gasteiger partial charge in [-0.3, -0.25) is 20.2 Å². The molecular formula is C19H25N5O4. The van der Waals surface area contributed by atoms with Gasteiger partial charge in [0.1, 0.15) is 0 Å². The first-order valence-electron chi connectivity index (χ1n) is 8.85. The molecule has 2 N–H and O–H groups in total. The average molecular weight is 387 g/mol. The van der Waals surface area contributed by atoms with Crippen LogP contribution >= 0.6 is 0 Å². The van der Waals surface area contributed by atoms with E-state index >= 15 is 0 Å². The van der Waals surface area contributed by atoms with Crippen LogP contribution in [0.2, 0.25) is 0 Å². The molecule has 0 aliphatic heterocycles. The quantitative estimate of drug-likeness (QED) is 0.750. The molecule has 150 valence electrons. The van der Waals surface area contributed by atoms with Gasteiger partial charge in [0, 0.05) is 17.4 Å². The second-order valence-electron chi connectivity index (χ2n) is 6.66. The molecule has 0 bridgehead atoms. The predicted molar refractivity (Wildman–Crippen MR) is 105 cm³/mol. The van der Waals surface area contributed by atoms with Gasteiger partial charge in [0.2, 0.25) is 23.7 Å². The summed E-state index contributed by atoms with van der Waals surface area (Å²) in [5.74, 6) is 0.438. The topological polar surface area (TPSA) is 115 Å². The van der Waals surface area contributed by atoms with Crippen LogP contribution < -0.4 is 20.1 Å². The summed E-state index contributed by atoms with van der Waals surface area (Å²) >= 11 is 0. The molecule has 9 heteroatoms. The highest BCUT2D eigenvalue weighted by molar-refractivity contribution is 5.92. The summed E-state index contributed by atoms with van der Waals surface area (Å²) < 4.78 is 10.6. The summed E-state index contributed by atoms with van der Waals surface area (Å²) in [6.45, 7) is 7.03. The summed E-state index contributed by atoms with van der Waals surface area (Å²) in [6, 6.07) is 5.17. The van der Waals surface area contributed by atoms with Crippen LogP contribution in [0.3, 0.4) is 0 Å². The van der Waals surface area contributed by atoms with Crippen molar-refractivity contribution in [3.05, 3.63) is 18.2 Å². The number of carbonyl (C=O) groups is 2. The molecular weight excluding hydrogens is 362 g/mol. The van der Waals surface area contributed by atoms with Gasteiger partial charge in [0.15, 0.2) is 17.3 Å². The molecule has 1 heterocycles. The summed E-state index contributed by atoms with van der Waals surface area (Å²) in [6.07, 6.45) is 0. The number of ether oxygens (including phenoxy) is 2. The fourth-order valence-corrected chi connectivity index (χ4v) is 2.10. The Bertz CT molecular complexity index is 827. The SMILES string of the molecule is COc1ccc(-c2nc(NC(=O)C(C)C)nc(NC(=O)C(C)C)n2)cc1OC. The fraction of sp³-hybridized carbons (Fsp3) is 0.421. The molecule has 0 saturated heterocycles. The largest absolute Gasteiger partial charge is 0.493 e. The van der Waals surface area contributed by atoms with Crippen LogP contribution in [-0.2, 0) is 9.59 Å². The van der Waals surface area contributed by atoms with Crippen molar-refractivity contribution in [1.82, 2.24) is 15.0 Å². The van der Waals surface area contributed by atoms with E-state index in [9.17, 15) is 9.59 Å². The molecule has 0 spiro atoms. The van der Waals surface area contributed by atoms with Gasteiger partial charge in [-0.15, -0.1) is 0 Å². The average Bonchev–Trinajstić information content (AvgIpc) is 2.66. The monoisotopic (exact) mass is 387 g/mol. The van der Waals surface area contributed by atoms with Crippen molar-refractivity contribution in [1.29, 1.82) is 0 Å². The first-order chi connectivity index (χ1) is 13.2. The summed E-state index contributed by atoms with van der Waals surface area (Å²) in [4.78, 5) is 36.9. The first-order valence-corrected chi connectivity index (χ1v) is 8.85. The van der Waals surface area contributed by atoms with Crippen molar-refractivity contribution >= 4 is 23.7 Å². The van der Waals surface area contributed by atoms with E-state index in [1.54, 1.807) is 53.0 Å². The Morgan fingerprint density at radius 2 is 1.32 bits per heavy atom. The normalized spacial score (nSPS) is 10.7. The van der Waals surface area contributed by atoms with Gasteiger partial charge in [-0.2, -0.15) is 15.0 Å². The third-order valence-electron chi connectivity index (χ3n) is 3.80. The van der Waals surface area contributed by atoms with Crippen molar-refractivity contribution in [3.63, 3.8) is 0 Å². The summed E-state index contributed by atoms with van der Waals surface area (Å²) in [7, 11) is 3.07. The number of hydrogen-bond acceptors (Lipinski definition) is 7. The van der Waals surface area contributed by atoms with E-state index < -0.39 is 0 Å². The van der Waals surface area contributed by atoms with Crippen LogP contribution in [0.4, 0.5) is 11.9 Å². The number of amides is 2. The molecule has 9 nitrogen and oxygen atoms in total. The van der Waals surface area contributed by atoms with E-state index in [1.807, 2.05) is 0 Å². The number of methoxy groups -OCH3 is 2. The lowest BCUT2D eigenvalue weighted by atomic mass is 10.2. The molecule has 0 atom stereocenters. The highest BCUT2D eigenvalue weighted by atomic mass is 16.5. The minimum atomic E-state index is -0.255. The number of nitrogens with one attached hydrogen (secondary N) is 2. The zero-order chi connectivity index (χ0) is 20.8. The number of benzene rings is 1. The number of rotatable bonds is 7. The molecule has 0 aliphatic carbocycles.